The highest BCUT2D eigenvalue weighted by Crippen LogP contribution is 2.26. The average Bonchev–Trinajstić information content (AvgIpc) is 3.09. The van der Waals surface area contributed by atoms with Crippen molar-refractivity contribution in [3.63, 3.8) is 0 Å². The van der Waals surface area contributed by atoms with Crippen LogP contribution >= 0.6 is 15.9 Å². The van der Waals surface area contributed by atoms with Crippen LogP contribution in [0.25, 0.3) is 0 Å². The minimum atomic E-state index is -0.326. The van der Waals surface area contributed by atoms with Gasteiger partial charge in [0.2, 0.25) is 12.3 Å². The molecular formula is C15H16BrN3O4. The van der Waals surface area contributed by atoms with Crippen molar-refractivity contribution in [2.24, 2.45) is 0 Å². The van der Waals surface area contributed by atoms with Gasteiger partial charge in [-0.2, -0.15) is 4.98 Å². The van der Waals surface area contributed by atoms with E-state index in [-0.39, 0.29) is 18.4 Å². The summed E-state index contributed by atoms with van der Waals surface area (Å²) in [4.78, 5) is 18.5. The van der Waals surface area contributed by atoms with Gasteiger partial charge in [-0.25, -0.2) is 0 Å². The number of morpholine rings is 1. The van der Waals surface area contributed by atoms with Crippen molar-refractivity contribution in [2.75, 3.05) is 26.9 Å². The lowest BCUT2D eigenvalue weighted by atomic mass is 10.1. The molecule has 1 unspecified atom stereocenters. The Morgan fingerprint density at radius 1 is 1.52 bits per heavy atom. The highest BCUT2D eigenvalue weighted by molar-refractivity contribution is 9.10. The number of carbonyl (C=O) groups is 1. The number of ether oxygens (including phenoxy) is 2. The van der Waals surface area contributed by atoms with Crippen molar-refractivity contribution < 1.29 is 18.8 Å². The van der Waals surface area contributed by atoms with Gasteiger partial charge >= 0.3 is 0 Å². The molecule has 0 radical (unpaired) electrons. The molecule has 1 fully saturated rings. The molecule has 1 saturated heterocycles. The van der Waals surface area contributed by atoms with E-state index in [9.17, 15) is 4.79 Å². The Morgan fingerprint density at radius 2 is 2.39 bits per heavy atom. The van der Waals surface area contributed by atoms with E-state index in [0.29, 0.717) is 31.3 Å². The normalized spacial score (nSPS) is 18.0. The van der Waals surface area contributed by atoms with Crippen LogP contribution in [0.1, 0.15) is 17.4 Å². The maximum atomic E-state index is 12.8. The second-order valence-electron chi connectivity index (χ2n) is 5.10. The number of nitrogens with zero attached hydrogens (tertiary/aromatic N) is 3. The third-order valence-electron chi connectivity index (χ3n) is 3.71. The molecule has 2 aromatic rings. The monoisotopic (exact) mass is 381 g/mol. The first-order valence-electron chi connectivity index (χ1n) is 7.15. The zero-order chi connectivity index (χ0) is 16.2. The maximum absolute atomic E-state index is 12.8. The molecule has 0 bridgehead atoms. The third kappa shape index (κ3) is 3.53. The summed E-state index contributed by atoms with van der Waals surface area (Å²) in [5.41, 5.74) is 0.824. The van der Waals surface area contributed by atoms with E-state index < -0.39 is 0 Å². The number of aromatic nitrogens is 2. The molecule has 1 atom stereocenters. The van der Waals surface area contributed by atoms with Gasteiger partial charge < -0.3 is 18.9 Å². The Hall–Kier alpha value is -1.93. The Kier molecular flexibility index (Phi) is 4.92. The van der Waals surface area contributed by atoms with Crippen LogP contribution in [0.4, 0.5) is 0 Å². The lowest BCUT2D eigenvalue weighted by Gasteiger charge is -2.33. The molecule has 7 nitrogen and oxygen atoms in total. The van der Waals surface area contributed by atoms with Gasteiger partial charge in [-0.3, -0.25) is 4.79 Å². The molecule has 1 aliphatic heterocycles. The third-order valence-corrected chi connectivity index (χ3v) is 4.20. The lowest BCUT2D eigenvalue weighted by molar-refractivity contribution is -0.139. The molecule has 1 aromatic carbocycles. The molecule has 0 saturated carbocycles. The molecule has 0 N–H and O–H groups in total. The molecule has 1 amide bonds. The summed E-state index contributed by atoms with van der Waals surface area (Å²) < 4.78 is 16.5. The maximum Gasteiger partial charge on any atom is 0.227 e. The van der Waals surface area contributed by atoms with Crippen LogP contribution in [0.3, 0.4) is 0 Å². The predicted molar refractivity (Wildman–Crippen MR) is 84.0 cm³/mol. The second-order valence-corrected chi connectivity index (χ2v) is 6.02. The number of carbonyl (C=O) groups excluding carboxylic acids is 1. The average molecular weight is 382 g/mol. The smallest absolute Gasteiger partial charge is 0.227 e. The van der Waals surface area contributed by atoms with Crippen molar-refractivity contribution in [2.45, 2.75) is 12.5 Å². The number of amides is 1. The van der Waals surface area contributed by atoms with Gasteiger partial charge in [0.15, 0.2) is 5.82 Å². The van der Waals surface area contributed by atoms with Crippen LogP contribution in [0, 0.1) is 0 Å². The summed E-state index contributed by atoms with van der Waals surface area (Å²) in [6, 6.07) is 5.28. The van der Waals surface area contributed by atoms with Crippen LogP contribution in [-0.2, 0) is 16.0 Å². The fourth-order valence-electron chi connectivity index (χ4n) is 2.59. The van der Waals surface area contributed by atoms with Crippen molar-refractivity contribution in [1.29, 1.82) is 0 Å². The van der Waals surface area contributed by atoms with E-state index in [0.717, 1.165) is 10.0 Å². The summed E-state index contributed by atoms with van der Waals surface area (Å²) in [5, 5.41) is 3.84. The van der Waals surface area contributed by atoms with Crippen LogP contribution in [0.2, 0.25) is 0 Å². The Morgan fingerprint density at radius 3 is 3.13 bits per heavy atom. The number of methoxy groups -OCH3 is 1. The molecule has 122 valence electrons. The number of hydrogen-bond acceptors (Lipinski definition) is 6. The number of rotatable bonds is 4. The van der Waals surface area contributed by atoms with Crippen LogP contribution in [0.15, 0.2) is 33.6 Å². The van der Waals surface area contributed by atoms with E-state index in [4.69, 9.17) is 14.0 Å². The first kappa shape index (κ1) is 15.9. The van der Waals surface area contributed by atoms with Crippen molar-refractivity contribution >= 4 is 21.8 Å². The molecule has 0 aliphatic carbocycles. The quantitative estimate of drug-likeness (QED) is 0.805. The summed E-state index contributed by atoms with van der Waals surface area (Å²) >= 11 is 3.42. The summed E-state index contributed by atoms with van der Waals surface area (Å²) in [6.45, 7) is 1.35. The zero-order valence-corrected chi connectivity index (χ0v) is 14.2. The van der Waals surface area contributed by atoms with Crippen LogP contribution in [-0.4, -0.2) is 47.8 Å². The molecule has 3 rings (SSSR count). The SMILES string of the molecule is COc1ccc(Br)cc1CC(=O)N1CCOCC1c1ncon1. The standard InChI is InChI=1S/C15H16BrN3O4/c1-21-13-3-2-11(16)6-10(13)7-14(20)19-4-5-22-8-12(19)15-17-9-23-18-15/h2-3,6,9,12H,4-5,7-8H2,1H3. The second kappa shape index (κ2) is 7.10. The summed E-state index contributed by atoms with van der Waals surface area (Å²) in [7, 11) is 1.59. The van der Waals surface area contributed by atoms with Gasteiger partial charge in [-0.05, 0) is 18.2 Å². The molecule has 0 spiro atoms. The topological polar surface area (TPSA) is 77.7 Å². The number of hydrogen-bond donors (Lipinski definition) is 0. The van der Waals surface area contributed by atoms with Gasteiger partial charge in [0, 0.05) is 16.6 Å². The zero-order valence-electron chi connectivity index (χ0n) is 12.6. The Labute approximate surface area is 141 Å². The summed E-state index contributed by atoms with van der Waals surface area (Å²) in [6.07, 6.45) is 1.49. The Balaban J connectivity index is 1.80. The van der Waals surface area contributed by atoms with Gasteiger partial charge in [-0.15, -0.1) is 0 Å². The largest absolute Gasteiger partial charge is 0.496 e. The fraction of sp³-hybridized carbons (Fsp3) is 0.400. The number of halogens is 1. The molecule has 1 aromatic heterocycles. The van der Waals surface area contributed by atoms with E-state index in [1.807, 2.05) is 18.2 Å². The predicted octanol–water partition coefficient (Wildman–Crippen LogP) is 1.98. The molecule has 2 heterocycles. The van der Waals surface area contributed by atoms with E-state index in [2.05, 4.69) is 26.1 Å². The minimum Gasteiger partial charge on any atom is -0.496 e. The summed E-state index contributed by atoms with van der Waals surface area (Å²) in [5.74, 6) is 1.12. The fourth-order valence-corrected chi connectivity index (χ4v) is 3.00. The number of benzene rings is 1. The van der Waals surface area contributed by atoms with E-state index in [1.54, 1.807) is 12.0 Å². The first-order valence-corrected chi connectivity index (χ1v) is 7.94. The van der Waals surface area contributed by atoms with E-state index in [1.165, 1.54) is 6.39 Å². The molecular weight excluding hydrogens is 366 g/mol. The highest BCUT2D eigenvalue weighted by atomic mass is 79.9. The van der Waals surface area contributed by atoms with Gasteiger partial charge in [0.05, 0.1) is 26.7 Å². The van der Waals surface area contributed by atoms with Crippen molar-refractivity contribution in [3.05, 3.63) is 40.5 Å². The van der Waals surface area contributed by atoms with Crippen molar-refractivity contribution in [3.8, 4) is 5.75 Å². The molecule has 23 heavy (non-hydrogen) atoms. The Bertz CT molecular complexity index is 677. The van der Waals surface area contributed by atoms with Crippen LogP contribution < -0.4 is 4.74 Å². The highest BCUT2D eigenvalue weighted by Gasteiger charge is 2.31. The minimum absolute atomic E-state index is 0.0282. The van der Waals surface area contributed by atoms with Crippen molar-refractivity contribution in [1.82, 2.24) is 15.0 Å². The lowest BCUT2D eigenvalue weighted by Crippen LogP contribution is -2.44. The van der Waals surface area contributed by atoms with Gasteiger partial charge in [0.1, 0.15) is 11.8 Å². The van der Waals surface area contributed by atoms with Gasteiger partial charge in [0.25, 0.3) is 0 Å². The molecule has 8 heteroatoms. The first-order chi connectivity index (χ1) is 11.2. The van der Waals surface area contributed by atoms with Gasteiger partial charge in [-0.1, -0.05) is 21.1 Å². The van der Waals surface area contributed by atoms with E-state index >= 15 is 0 Å². The van der Waals surface area contributed by atoms with Crippen LogP contribution in [0.5, 0.6) is 5.75 Å². The molecule has 1 aliphatic rings.